The third-order valence-corrected chi connectivity index (χ3v) is 9.65. The van der Waals surface area contributed by atoms with Crippen molar-refractivity contribution >= 4 is 28.0 Å². The average molecular weight is 539 g/mol. The van der Waals surface area contributed by atoms with E-state index in [1.54, 1.807) is 11.3 Å². The Morgan fingerprint density at radius 2 is 1.69 bits per heavy atom. The highest BCUT2D eigenvalue weighted by Gasteiger charge is 2.39. The molecule has 0 saturated carbocycles. The fraction of sp³-hybridized carbons (Fsp3) is 0.382. The summed E-state index contributed by atoms with van der Waals surface area (Å²) in [6.07, 6.45) is 4.57. The molecular weight excluding hydrogens is 500 g/mol. The third-order valence-electron chi connectivity index (χ3n) is 8.95. The standard InChI is InChI=1S/C34H38N2O2S/c37-33(31-14-6-12-27-11-4-5-13-30(27)31)36-23-29(32(24-36)28-15-21-39-25-28)22-35-19-17-34(38,18-20-35)16-7-10-26-8-2-1-3-9-26/h1-6,8-9,11-15,21,25,29,32,38H,7,10,16-20,22-24H2. The van der Waals surface area contributed by atoms with Crippen LogP contribution in [0.2, 0.25) is 0 Å². The molecule has 0 bridgehead atoms. The van der Waals surface area contributed by atoms with Gasteiger partial charge in [0.1, 0.15) is 0 Å². The summed E-state index contributed by atoms with van der Waals surface area (Å²) in [6, 6.07) is 27.0. The van der Waals surface area contributed by atoms with Gasteiger partial charge in [-0.1, -0.05) is 66.7 Å². The molecule has 0 radical (unpaired) electrons. The fourth-order valence-electron chi connectivity index (χ4n) is 6.67. The van der Waals surface area contributed by atoms with Gasteiger partial charge in [0.2, 0.25) is 0 Å². The monoisotopic (exact) mass is 538 g/mol. The molecule has 6 rings (SSSR count). The first-order valence-corrected chi connectivity index (χ1v) is 15.3. The first kappa shape index (κ1) is 26.2. The SMILES string of the molecule is O=C(c1cccc2ccccc12)N1CC(CN2CCC(O)(CCCc3ccccc3)CC2)C(c2ccsc2)C1. The number of nitrogens with zero attached hydrogens (tertiary/aromatic N) is 2. The Bertz CT molecular complexity index is 1370. The maximum Gasteiger partial charge on any atom is 0.254 e. The molecule has 0 aliphatic carbocycles. The van der Waals surface area contributed by atoms with Gasteiger partial charge in [-0.2, -0.15) is 11.3 Å². The molecule has 202 valence electrons. The van der Waals surface area contributed by atoms with E-state index in [0.717, 1.165) is 81.2 Å². The Labute approximate surface area is 235 Å². The first-order chi connectivity index (χ1) is 19.1. The van der Waals surface area contributed by atoms with Crippen LogP contribution in [-0.4, -0.2) is 59.1 Å². The van der Waals surface area contributed by atoms with E-state index >= 15 is 0 Å². The van der Waals surface area contributed by atoms with Crippen molar-refractivity contribution in [3.05, 3.63) is 106 Å². The van der Waals surface area contributed by atoms with Crippen molar-refractivity contribution < 1.29 is 9.90 Å². The number of hydrogen-bond donors (Lipinski definition) is 1. The van der Waals surface area contributed by atoms with Gasteiger partial charge in [-0.15, -0.1) is 0 Å². The molecule has 2 aliphatic rings. The minimum absolute atomic E-state index is 0.140. The molecule has 1 amide bonds. The molecule has 39 heavy (non-hydrogen) atoms. The van der Waals surface area contributed by atoms with Gasteiger partial charge >= 0.3 is 0 Å². The number of benzene rings is 3. The van der Waals surface area contributed by atoms with Crippen molar-refractivity contribution in [1.29, 1.82) is 0 Å². The van der Waals surface area contributed by atoms with Gasteiger partial charge in [0, 0.05) is 44.2 Å². The van der Waals surface area contributed by atoms with Crippen LogP contribution in [0.5, 0.6) is 0 Å². The van der Waals surface area contributed by atoms with E-state index in [1.807, 2.05) is 24.3 Å². The minimum atomic E-state index is -0.552. The Hall–Kier alpha value is -2.99. The first-order valence-electron chi connectivity index (χ1n) is 14.4. The quantitative estimate of drug-likeness (QED) is 0.275. The van der Waals surface area contributed by atoms with Gasteiger partial charge in [0.15, 0.2) is 0 Å². The van der Waals surface area contributed by atoms with Crippen molar-refractivity contribution in [3.63, 3.8) is 0 Å². The van der Waals surface area contributed by atoms with Gasteiger partial charge in [-0.05, 0) is 82.8 Å². The number of carbonyl (C=O) groups is 1. The van der Waals surface area contributed by atoms with Crippen molar-refractivity contribution in [2.75, 3.05) is 32.7 Å². The van der Waals surface area contributed by atoms with Gasteiger partial charge in [-0.25, -0.2) is 0 Å². The molecule has 0 spiro atoms. The second kappa shape index (κ2) is 11.6. The molecule has 3 heterocycles. The smallest absolute Gasteiger partial charge is 0.254 e. The van der Waals surface area contributed by atoms with Crippen LogP contribution in [0.25, 0.3) is 10.8 Å². The predicted molar refractivity (Wildman–Crippen MR) is 160 cm³/mol. The van der Waals surface area contributed by atoms with Crippen LogP contribution in [0, 0.1) is 5.92 Å². The van der Waals surface area contributed by atoms with Crippen LogP contribution in [0.1, 0.15) is 53.1 Å². The number of likely N-dealkylation sites (tertiary alicyclic amines) is 2. The molecule has 2 aliphatic heterocycles. The molecule has 2 atom stereocenters. The Morgan fingerprint density at radius 3 is 2.49 bits per heavy atom. The van der Waals surface area contributed by atoms with Crippen molar-refractivity contribution in [2.45, 2.75) is 43.6 Å². The van der Waals surface area contributed by atoms with Crippen LogP contribution < -0.4 is 0 Å². The molecular formula is C34H38N2O2S. The number of piperidine rings is 1. The van der Waals surface area contributed by atoms with E-state index in [2.05, 4.69) is 75.2 Å². The Morgan fingerprint density at radius 1 is 0.923 bits per heavy atom. The van der Waals surface area contributed by atoms with Gasteiger partial charge in [-0.3, -0.25) is 4.79 Å². The largest absolute Gasteiger partial charge is 0.390 e. The van der Waals surface area contributed by atoms with E-state index in [0.29, 0.717) is 11.8 Å². The second-order valence-electron chi connectivity index (χ2n) is 11.5. The van der Waals surface area contributed by atoms with E-state index in [-0.39, 0.29) is 5.91 Å². The Balaban J connectivity index is 1.09. The normalized spacial score (nSPS) is 21.4. The average Bonchev–Trinajstić information content (AvgIpc) is 3.65. The lowest BCUT2D eigenvalue weighted by molar-refractivity contribution is -0.0315. The molecule has 4 nitrogen and oxygen atoms in total. The zero-order chi connectivity index (χ0) is 26.7. The molecule has 3 aromatic carbocycles. The Kier molecular flexibility index (Phi) is 7.83. The highest BCUT2D eigenvalue weighted by atomic mass is 32.1. The maximum absolute atomic E-state index is 13.8. The zero-order valence-electron chi connectivity index (χ0n) is 22.5. The molecule has 1 N–H and O–H groups in total. The van der Waals surface area contributed by atoms with Crippen LogP contribution in [0.4, 0.5) is 0 Å². The molecule has 2 saturated heterocycles. The van der Waals surface area contributed by atoms with Gasteiger partial charge in [0.05, 0.1) is 5.60 Å². The van der Waals surface area contributed by atoms with Crippen LogP contribution in [0.3, 0.4) is 0 Å². The lowest BCUT2D eigenvalue weighted by Crippen LogP contribution is -2.46. The highest BCUT2D eigenvalue weighted by molar-refractivity contribution is 7.08. The lowest BCUT2D eigenvalue weighted by atomic mass is 9.84. The zero-order valence-corrected chi connectivity index (χ0v) is 23.4. The number of thiophene rings is 1. The number of hydrogen-bond acceptors (Lipinski definition) is 4. The van der Waals surface area contributed by atoms with E-state index in [4.69, 9.17) is 0 Å². The molecule has 4 aromatic rings. The van der Waals surface area contributed by atoms with E-state index in [9.17, 15) is 9.90 Å². The van der Waals surface area contributed by atoms with Crippen molar-refractivity contribution in [3.8, 4) is 0 Å². The summed E-state index contributed by atoms with van der Waals surface area (Å²) in [6.45, 7) is 4.36. The topological polar surface area (TPSA) is 43.8 Å². The van der Waals surface area contributed by atoms with Gasteiger partial charge in [0.25, 0.3) is 5.91 Å². The van der Waals surface area contributed by atoms with E-state index < -0.39 is 5.60 Å². The number of carbonyl (C=O) groups excluding carboxylic acids is 1. The van der Waals surface area contributed by atoms with Gasteiger partial charge < -0.3 is 14.9 Å². The van der Waals surface area contributed by atoms with Crippen LogP contribution >= 0.6 is 11.3 Å². The second-order valence-corrected chi connectivity index (χ2v) is 12.3. The summed E-state index contributed by atoms with van der Waals surface area (Å²) in [5.74, 6) is 0.880. The van der Waals surface area contributed by atoms with Crippen LogP contribution in [-0.2, 0) is 6.42 Å². The van der Waals surface area contributed by atoms with Crippen molar-refractivity contribution in [2.24, 2.45) is 5.92 Å². The van der Waals surface area contributed by atoms with Crippen LogP contribution in [0.15, 0.2) is 89.6 Å². The van der Waals surface area contributed by atoms with Crippen molar-refractivity contribution in [1.82, 2.24) is 9.80 Å². The number of aryl methyl sites for hydroxylation is 1. The third kappa shape index (κ3) is 5.96. The summed E-state index contributed by atoms with van der Waals surface area (Å²) in [5, 5.41) is 17.8. The summed E-state index contributed by atoms with van der Waals surface area (Å²) in [4.78, 5) is 18.4. The lowest BCUT2D eigenvalue weighted by Gasteiger charge is -2.39. The minimum Gasteiger partial charge on any atom is -0.390 e. The highest BCUT2D eigenvalue weighted by Crippen LogP contribution is 2.37. The summed E-state index contributed by atoms with van der Waals surface area (Å²) in [7, 11) is 0. The predicted octanol–water partition coefficient (Wildman–Crippen LogP) is 6.61. The number of fused-ring (bicyclic) bond motifs is 1. The summed E-state index contributed by atoms with van der Waals surface area (Å²) in [5.41, 5.74) is 2.95. The number of amides is 1. The molecule has 5 heteroatoms. The van der Waals surface area contributed by atoms with E-state index in [1.165, 1.54) is 11.1 Å². The fourth-order valence-corrected chi connectivity index (χ4v) is 7.39. The maximum atomic E-state index is 13.8. The molecule has 1 aromatic heterocycles. The summed E-state index contributed by atoms with van der Waals surface area (Å²) >= 11 is 1.74. The number of rotatable bonds is 8. The molecule has 2 fully saturated rings. The molecule has 2 unspecified atom stereocenters. The number of aliphatic hydroxyl groups is 1. The summed E-state index contributed by atoms with van der Waals surface area (Å²) < 4.78 is 0.